The molecule has 0 radical (unpaired) electrons. The Hall–Kier alpha value is -1.91. The van der Waals surface area contributed by atoms with Crippen molar-refractivity contribution in [3.8, 4) is 0 Å². The zero-order valence-electron chi connectivity index (χ0n) is 10.1. The number of carbonyl (C=O) groups is 2. The van der Waals surface area contributed by atoms with Gasteiger partial charge in [0.05, 0.1) is 6.26 Å². The van der Waals surface area contributed by atoms with E-state index in [9.17, 15) is 14.0 Å². The molecule has 0 saturated heterocycles. The summed E-state index contributed by atoms with van der Waals surface area (Å²) in [6.07, 6.45) is 2.76. The van der Waals surface area contributed by atoms with Gasteiger partial charge in [0.1, 0.15) is 5.76 Å². The van der Waals surface area contributed by atoms with Gasteiger partial charge in [-0.25, -0.2) is 0 Å². The summed E-state index contributed by atoms with van der Waals surface area (Å²) in [6, 6.07) is 3.34. The molecule has 2 heterocycles. The molecule has 96 valence electrons. The predicted molar refractivity (Wildman–Crippen MR) is 60.4 cm³/mol. The van der Waals surface area contributed by atoms with E-state index in [4.69, 9.17) is 9.15 Å². The minimum absolute atomic E-state index is 0.139. The molecule has 0 bridgehead atoms. The Balaban J connectivity index is 2.39. The van der Waals surface area contributed by atoms with Crippen LogP contribution in [0.5, 0.6) is 0 Å². The molecular formula is C13H13FO4. The quantitative estimate of drug-likeness (QED) is 0.829. The third kappa shape index (κ3) is 2.20. The van der Waals surface area contributed by atoms with E-state index in [-0.39, 0.29) is 12.2 Å². The largest absolute Gasteiger partial charge is 0.469 e. The zero-order valence-corrected chi connectivity index (χ0v) is 10.1. The van der Waals surface area contributed by atoms with Gasteiger partial charge >= 0.3 is 5.85 Å². The van der Waals surface area contributed by atoms with Crippen molar-refractivity contribution >= 4 is 11.6 Å². The number of ketones is 2. The summed E-state index contributed by atoms with van der Waals surface area (Å²) in [5.74, 6) is -3.77. The van der Waals surface area contributed by atoms with Crippen molar-refractivity contribution in [1.82, 2.24) is 0 Å². The molecule has 5 heteroatoms. The van der Waals surface area contributed by atoms with Crippen LogP contribution in [0.25, 0.3) is 0 Å². The van der Waals surface area contributed by atoms with Gasteiger partial charge in [0.15, 0.2) is 11.5 Å². The van der Waals surface area contributed by atoms with Crippen molar-refractivity contribution in [2.24, 2.45) is 0 Å². The lowest BCUT2D eigenvalue weighted by Crippen LogP contribution is -2.40. The van der Waals surface area contributed by atoms with E-state index in [1.165, 1.54) is 19.3 Å². The van der Waals surface area contributed by atoms with Crippen molar-refractivity contribution in [1.29, 1.82) is 0 Å². The van der Waals surface area contributed by atoms with Crippen molar-refractivity contribution in [3.05, 3.63) is 36.0 Å². The normalized spacial score (nSPS) is 27.3. The fraction of sp³-hybridized carbons (Fsp3) is 0.385. The highest BCUT2D eigenvalue weighted by Gasteiger charge is 2.45. The number of halogens is 1. The molecule has 0 saturated carbocycles. The van der Waals surface area contributed by atoms with Crippen molar-refractivity contribution in [2.45, 2.75) is 32.0 Å². The Morgan fingerprint density at radius 1 is 1.44 bits per heavy atom. The van der Waals surface area contributed by atoms with Crippen molar-refractivity contribution < 1.29 is 23.1 Å². The molecule has 4 nitrogen and oxygen atoms in total. The molecule has 2 atom stereocenters. The molecule has 0 fully saturated rings. The SMILES string of the molecule is CC(=O)C1=CC(c2ccco2)CC(F)(C(C)=O)O1. The first-order valence-electron chi connectivity index (χ1n) is 5.57. The number of hydrogen-bond acceptors (Lipinski definition) is 4. The second kappa shape index (κ2) is 4.40. The van der Waals surface area contributed by atoms with Crippen LogP contribution in [0, 0.1) is 0 Å². The minimum Gasteiger partial charge on any atom is -0.469 e. The third-order valence-electron chi connectivity index (χ3n) is 2.89. The van der Waals surface area contributed by atoms with E-state index in [0.29, 0.717) is 5.76 Å². The summed E-state index contributed by atoms with van der Waals surface area (Å²) in [5.41, 5.74) is 0. The van der Waals surface area contributed by atoms with E-state index in [1.807, 2.05) is 0 Å². The van der Waals surface area contributed by atoms with E-state index < -0.39 is 23.3 Å². The van der Waals surface area contributed by atoms with Gasteiger partial charge in [0.25, 0.3) is 0 Å². The van der Waals surface area contributed by atoms with E-state index in [2.05, 4.69) is 0 Å². The lowest BCUT2D eigenvalue weighted by atomic mass is 9.91. The maximum Gasteiger partial charge on any atom is 0.307 e. The first kappa shape index (κ1) is 12.5. The number of hydrogen-bond donors (Lipinski definition) is 0. The van der Waals surface area contributed by atoms with Gasteiger partial charge in [-0.3, -0.25) is 9.59 Å². The van der Waals surface area contributed by atoms with Crippen LogP contribution >= 0.6 is 0 Å². The number of furan rings is 1. The molecular weight excluding hydrogens is 239 g/mol. The summed E-state index contributed by atoms with van der Waals surface area (Å²) in [7, 11) is 0. The molecule has 2 rings (SSSR count). The number of allylic oxidation sites excluding steroid dienone is 2. The van der Waals surface area contributed by atoms with Crippen molar-refractivity contribution in [2.75, 3.05) is 0 Å². The molecule has 0 aliphatic carbocycles. The van der Waals surface area contributed by atoms with Crippen LogP contribution in [0.2, 0.25) is 0 Å². The molecule has 1 aromatic heterocycles. The van der Waals surface area contributed by atoms with Crippen LogP contribution in [-0.2, 0) is 14.3 Å². The lowest BCUT2D eigenvalue weighted by Gasteiger charge is -2.31. The van der Waals surface area contributed by atoms with Gasteiger partial charge in [0.2, 0.25) is 5.78 Å². The summed E-state index contributed by atoms with van der Waals surface area (Å²) in [4.78, 5) is 22.7. The fourth-order valence-corrected chi connectivity index (χ4v) is 1.86. The van der Waals surface area contributed by atoms with E-state index >= 15 is 0 Å². The van der Waals surface area contributed by atoms with Crippen LogP contribution in [-0.4, -0.2) is 17.4 Å². The molecule has 1 aliphatic rings. The second-order valence-corrected chi connectivity index (χ2v) is 4.30. The van der Waals surface area contributed by atoms with Crippen LogP contribution in [0.15, 0.2) is 34.6 Å². The van der Waals surface area contributed by atoms with Gasteiger partial charge < -0.3 is 9.15 Å². The van der Waals surface area contributed by atoms with Crippen LogP contribution in [0.1, 0.15) is 31.9 Å². The number of ether oxygens (including phenoxy) is 1. The Labute approximate surface area is 103 Å². The standard InChI is InChI=1S/C13H13FO4/c1-8(15)12-6-10(11-4-3-5-17-11)7-13(14,18-12)9(2)16/h3-6,10H,7H2,1-2H3. The summed E-state index contributed by atoms with van der Waals surface area (Å²) in [5, 5.41) is 0. The number of rotatable bonds is 3. The average molecular weight is 252 g/mol. The monoisotopic (exact) mass is 252 g/mol. The van der Waals surface area contributed by atoms with E-state index in [1.54, 1.807) is 12.1 Å². The highest BCUT2D eigenvalue weighted by atomic mass is 19.2. The molecule has 18 heavy (non-hydrogen) atoms. The van der Waals surface area contributed by atoms with Gasteiger partial charge in [0, 0.05) is 26.2 Å². The van der Waals surface area contributed by atoms with Crippen molar-refractivity contribution in [3.63, 3.8) is 0 Å². The number of carbonyl (C=O) groups excluding carboxylic acids is 2. The average Bonchev–Trinajstić information content (AvgIpc) is 2.81. The van der Waals surface area contributed by atoms with Gasteiger partial charge in [-0.15, -0.1) is 0 Å². The van der Waals surface area contributed by atoms with E-state index in [0.717, 1.165) is 6.92 Å². The molecule has 1 aromatic rings. The Kier molecular flexibility index (Phi) is 3.07. The van der Waals surface area contributed by atoms with Gasteiger partial charge in [-0.1, -0.05) is 0 Å². The number of Topliss-reactive ketones (excluding diaryl/α,β-unsaturated/α-hetero) is 2. The maximum absolute atomic E-state index is 14.3. The first-order valence-corrected chi connectivity index (χ1v) is 5.57. The Bertz CT molecular complexity index is 503. The fourth-order valence-electron chi connectivity index (χ4n) is 1.86. The zero-order chi connectivity index (χ0) is 13.3. The lowest BCUT2D eigenvalue weighted by molar-refractivity contribution is -0.168. The summed E-state index contributed by atoms with van der Waals surface area (Å²) in [6.45, 7) is 2.36. The third-order valence-corrected chi connectivity index (χ3v) is 2.89. The maximum atomic E-state index is 14.3. The first-order chi connectivity index (χ1) is 8.42. The van der Waals surface area contributed by atoms with Gasteiger partial charge in [-0.05, 0) is 18.2 Å². The topological polar surface area (TPSA) is 56.5 Å². The molecule has 0 N–H and O–H groups in total. The Morgan fingerprint density at radius 2 is 2.17 bits per heavy atom. The smallest absolute Gasteiger partial charge is 0.307 e. The summed E-state index contributed by atoms with van der Waals surface area (Å²) >= 11 is 0. The molecule has 2 unspecified atom stereocenters. The van der Waals surface area contributed by atoms with Gasteiger partial charge in [-0.2, -0.15) is 4.39 Å². The van der Waals surface area contributed by atoms with Crippen LogP contribution in [0.4, 0.5) is 4.39 Å². The molecule has 0 amide bonds. The summed E-state index contributed by atoms with van der Waals surface area (Å²) < 4.78 is 24.4. The number of alkyl halides is 1. The highest BCUT2D eigenvalue weighted by molar-refractivity contribution is 5.93. The molecule has 0 spiro atoms. The Morgan fingerprint density at radius 3 is 2.67 bits per heavy atom. The second-order valence-electron chi connectivity index (χ2n) is 4.30. The molecule has 0 aromatic carbocycles. The van der Waals surface area contributed by atoms with Crippen LogP contribution in [0.3, 0.4) is 0 Å². The highest BCUT2D eigenvalue weighted by Crippen LogP contribution is 2.38. The van der Waals surface area contributed by atoms with Crippen LogP contribution < -0.4 is 0 Å². The molecule has 1 aliphatic heterocycles. The minimum atomic E-state index is -2.47. The predicted octanol–water partition coefficient (Wildman–Crippen LogP) is 2.51.